The van der Waals surface area contributed by atoms with Gasteiger partial charge < -0.3 is 24.4 Å². The van der Waals surface area contributed by atoms with Crippen LogP contribution < -0.4 is 9.47 Å². The minimum Gasteiger partial charge on any atom is -0.493 e. The zero-order valence-electron chi connectivity index (χ0n) is 19.6. The van der Waals surface area contributed by atoms with Crippen molar-refractivity contribution in [2.75, 3.05) is 53.5 Å². The van der Waals surface area contributed by atoms with E-state index < -0.39 is 0 Å². The summed E-state index contributed by atoms with van der Waals surface area (Å²) in [4.78, 5) is 4.49. The van der Waals surface area contributed by atoms with Gasteiger partial charge in [0, 0.05) is 26.2 Å². The fraction of sp³-hybridized carbons (Fsp3) is 0.538. The Balaban J connectivity index is 1.61. The van der Waals surface area contributed by atoms with E-state index in [4.69, 9.17) is 9.47 Å². The Morgan fingerprint density at radius 1 is 0.935 bits per heavy atom. The summed E-state index contributed by atoms with van der Waals surface area (Å²) in [5, 5.41) is 9.65. The summed E-state index contributed by atoms with van der Waals surface area (Å²) in [6.07, 6.45) is 2.71. The Labute approximate surface area is 187 Å². The molecule has 0 bridgehead atoms. The van der Waals surface area contributed by atoms with Crippen molar-refractivity contribution in [1.82, 2.24) is 9.80 Å². The van der Waals surface area contributed by atoms with Gasteiger partial charge in [-0.1, -0.05) is 24.3 Å². The third-order valence-corrected chi connectivity index (χ3v) is 5.99. The van der Waals surface area contributed by atoms with Crippen molar-refractivity contribution in [2.45, 2.75) is 39.2 Å². The molecule has 0 aliphatic carbocycles. The van der Waals surface area contributed by atoms with Gasteiger partial charge in [0.15, 0.2) is 0 Å². The van der Waals surface area contributed by atoms with E-state index in [-0.39, 0.29) is 6.10 Å². The Morgan fingerprint density at radius 2 is 1.52 bits per heavy atom. The average Bonchev–Trinajstić information content (AvgIpc) is 3.16. The summed E-state index contributed by atoms with van der Waals surface area (Å²) in [5.41, 5.74) is 4.71. The smallest absolute Gasteiger partial charge is 0.122 e. The number of nitrogens with zero attached hydrogens (tertiary/aromatic N) is 2. The highest BCUT2D eigenvalue weighted by Gasteiger charge is 2.19. The molecule has 0 spiro atoms. The predicted octanol–water partition coefficient (Wildman–Crippen LogP) is 4.14. The fourth-order valence-corrected chi connectivity index (χ4v) is 4.17. The summed E-state index contributed by atoms with van der Waals surface area (Å²) in [6, 6.07) is 12.6. The van der Waals surface area contributed by atoms with Crippen LogP contribution in [0.5, 0.6) is 11.5 Å². The molecule has 1 atom stereocenters. The minimum atomic E-state index is -0.157. The molecule has 0 aromatic heterocycles. The second-order valence-electron chi connectivity index (χ2n) is 8.81. The minimum absolute atomic E-state index is 0.157. The van der Waals surface area contributed by atoms with Crippen LogP contribution in [0, 0.1) is 13.8 Å². The molecule has 31 heavy (non-hydrogen) atoms. The van der Waals surface area contributed by atoms with Crippen LogP contribution in [0.15, 0.2) is 36.4 Å². The summed E-state index contributed by atoms with van der Waals surface area (Å²) < 4.78 is 12.2. The molecule has 1 aliphatic rings. The van der Waals surface area contributed by atoms with Gasteiger partial charge in [-0.2, -0.15) is 0 Å². The van der Waals surface area contributed by atoms with E-state index in [2.05, 4.69) is 74.1 Å². The van der Waals surface area contributed by atoms with E-state index >= 15 is 0 Å². The molecule has 1 aliphatic heterocycles. The molecule has 0 saturated carbocycles. The summed E-state index contributed by atoms with van der Waals surface area (Å²) >= 11 is 0. The molecule has 1 saturated heterocycles. The van der Waals surface area contributed by atoms with Crippen molar-refractivity contribution in [3.63, 3.8) is 0 Å². The second-order valence-corrected chi connectivity index (χ2v) is 8.81. The zero-order chi connectivity index (χ0) is 22.2. The molecule has 5 nitrogen and oxygen atoms in total. The van der Waals surface area contributed by atoms with Gasteiger partial charge in [-0.3, -0.25) is 0 Å². The van der Waals surface area contributed by atoms with Crippen LogP contribution in [0.1, 0.15) is 30.4 Å². The number of likely N-dealkylation sites (tertiary alicyclic amines) is 1. The van der Waals surface area contributed by atoms with Crippen molar-refractivity contribution in [3.8, 4) is 22.6 Å². The predicted molar refractivity (Wildman–Crippen MR) is 127 cm³/mol. The maximum Gasteiger partial charge on any atom is 0.122 e. The van der Waals surface area contributed by atoms with Crippen molar-refractivity contribution >= 4 is 0 Å². The Hall–Kier alpha value is -2.08. The lowest BCUT2D eigenvalue weighted by molar-refractivity contribution is 0.173. The molecule has 1 fully saturated rings. The van der Waals surface area contributed by atoms with Crippen LogP contribution in [0.3, 0.4) is 0 Å². The Bertz CT molecular complexity index is 837. The van der Waals surface area contributed by atoms with Gasteiger partial charge in [0.2, 0.25) is 0 Å². The molecular weight excluding hydrogens is 388 g/mol. The number of aliphatic hydroxyl groups excluding tert-OH is 1. The molecule has 1 N–H and O–H groups in total. The van der Waals surface area contributed by atoms with Gasteiger partial charge in [-0.05, 0) is 81.6 Å². The molecule has 5 heteroatoms. The number of hydrogen-bond acceptors (Lipinski definition) is 5. The van der Waals surface area contributed by atoms with Crippen molar-refractivity contribution < 1.29 is 14.6 Å². The summed E-state index contributed by atoms with van der Waals surface area (Å²) in [7, 11) is 4.17. The molecular formula is C26H38N2O3. The third-order valence-electron chi connectivity index (χ3n) is 5.99. The number of ether oxygens (including phenoxy) is 2. The van der Waals surface area contributed by atoms with Crippen LogP contribution in [-0.2, 0) is 0 Å². The molecule has 2 aromatic carbocycles. The van der Waals surface area contributed by atoms with Gasteiger partial charge in [-0.15, -0.1) is 0 Å². The second kappa shape index (κ2) is 11.5. The average molecular weight is 427 g/mol. The maximum atomic E-state index is 9.65. The van der Waals surface area contributed by atoms with Crippen LogP contribution in [0.25, 0.3) is 11.1 Å². The lowest BCUT2D eigenvalue weighted by Gasteiger charge is -2.18. The van der Waals surface area contributed by atoms with E-state index in [9.17, 15) is 5.11 Å². The Morgan fingerprint density at radius 3 is 2.03 bits per heavy atom. The molecule has 2 aromatic rings. The maximum absolute atomic E-state index is 9.65. The summed E-state index contributed by atoms with van der Waals surface area (Å²) in [5.74, 6) is 1.89. The van der Waals surface area contributed by atoms with Gasteiger partial charge in [0.05, 0.1) is 19.3 Å². The number of aliphatic hydroxyl groups is 1. The first kappa shape index (κ1) is 23.6. The first-order valence-electron chi connectivity index (χ1n) is 11.5. The largest absolute Gasteiger partial charge is 0.493 e. The van der Waals surface area contributed by atoms with Gasteiger partial charge >= 0.3 is 0 Å². The molecule has 0 amide bonds. The van der Waals surface area contributed by atoms with Crippen molar-refractivity contribution in [2.24, 2.45) is 0 Å². The van der Waals surface area contributed by atoms with Crippen LogP contribution >= 0.6 is 0 Å². The van der Waals surface area contributed by atoms with Gasteiger partial charge in [0.1, 0.15) is 11.5 Å². The first-order valence-corrected chi connectivity index (χ1v) is 11.5. The zero-order valence-corrected chi connectivity index (χ0v) is 19.6. The molecule has 170 valence electrons. The topological polar surface area (TPSA) is 45.2 Å². The highest BCUT2D eigenvalue weighted by Crippen LogP contribution is 2.35. The van der Waals surface area contributed by atoms with Crippen LogP contribution in [-0.4, -0.2) is 74.5 Å². The van der Waals surface area contributed by atoms with E-state index in [0.717, 1.165) is 69.1 Å². The summed E-state index contributed by atoms with van der Waals surface area (Å²) in [6.45, 7) is 9.45. The van der Waals surface area contributed by atoms with Crippen LogP contribution in [0.4, 0.5) is 0 Å². The van der Waals surface area contributed by atoms with E-state index in [0.29, 0.717) is 6.61 Å². The van der Waals surface area contributed by atoms with Gasteiger partial charge in [-0.25, -0.2) is 0 Å². The normalized spacial score (nSPS) is 16.8. The molecule has 0 unspecified atom stereocenters. The number of benzene rings is 2. The highest BCUT2D eigenvalue weighted by atomic mass is 16.5. The number of rotatable bonds is 11. The molecule has 3 rings (SSSR count). The first-order chi connectivity index (χ1) is 15.0. The quantitative estimate of drug-likeness (QED) is 0.547. The highest BCUT2D eigenvalue weighted by molar-refractivity contribution is 5.74. The third kappa shape index (κ3) is 6.70. The lowest BCUT2D eigenvalue weighted by Crippen LogP contribution is -2.24. The van der Waals surface area contributed by atoms with E-state index in [1.54, 1.807) is 0 Å². The fourth-order valence-electron chi connectivity index (χ4n) is 4.17. The number of β-amino-alcohol motifs (C(OH)–C–C–N with tert-alkyl or cyclic N) is 1. The standard InChI is InChI=1S/C26H38N2O3/c1-20-23(9-5-11-25(20)30-17-7-14-27(3)4)24-10-6-12-26(21(24)2)31-18-8-15-28-16-13-22(29)19-28/h5-6,9-12,22,29H,7-8,13-19H2,1-4H3/t22-/m1/s1. The molecule has 0 radical (unpaired) electrons. The van der Waals surface area contributed by atoms with Crippen LogP contribution in [0.2, 0.25) is 0 Å². The lowest BCUT2D eigenvalue weighted by atomic mass is 9.95. The Kier molecular flexibility index (Phi) is 8.76. The van der Waals surface area contributed by atoms with E-state index in [1.165, 1.54) is 16.7 Å². The number of hydrogen-bond donors (Lipinski definition) is 1. The SMILES string of the molecule is Cc1c(OCCCN(C)C)cccc1-c1cccc(OCCCN2CC[C@@H](O)C2)c1C. The van der Waals surface area contributed by atoms with Crippen molar-refractivity contribution in [3.05, 3.63) is 47.5 Å². The monoisotopic (exact) mass is 426 g/mol. The van der Waals surface area contributed by atoms with Gasteiger partial charge in [0.25, 0.3) is 0 Å². The molecule has 1 heterocycles. The van der Waals surface area contributed by atoms with E-state index in [1.807, 2.05) is 0 Å². The van der Waals surface area contributed by atoms with Crippen molar-refractivity contribution in [1.29, 1.82) is 0 Å².